The fourth-order valence-electron chi connectivity index (χ4n) is 4.40. The summed E-state index contributed by atoms with van der Waals surface area (Å²) in [5, 5.41) is 2.58. The van der Waals surface area contributed by atoms with Crippen molar-refractivity contribution < 1.29 is 27.4 Å². The zero-order valence-corrected chi connectivity index (χ0v) is 17.1. The van der Waals surface area contributed by atoms with Crippen LogP contribution in [0.5, 0.6) is 5.88 Å². The minimum absolute atomic E-state index is 0.00118. The van der Waals surface area contributed by atoms with Gasteiger partial charge in [-0.2, -0.15) is 0 Å². The molecule has 3 atom stereocenters. The van der Waals surface area contributed by atoms with Crippen LogP contribution < -0.4 is 15.8 Å². The average molecular weight is 449 g/mol. The molecule has 1 aromatic heterocycles. The number of alkyl halides is 2. The number of amidine groups is 1. The number of nitrogens with two attached hydrogens (primary N) is 1. The van der Waals surface area contributed by atoms with E-state index in [9.17, 15) is 18.0 Å². The Balaban J connectivity index is 1.64. The number of fused-ring (bicyclic) bond motifs is 1. The fourth-order valence-corrected chi connectivity index (χ4v) is 4.40. The van der Waals surface area contributed by atoms with E-state index in [0.29, 0.717) is 12.8 Å². The molecule has 170 valence electrons. The van der Waals surface area contributed by atoms with Crippen molar-refractivity contribution in [2.45, 2.75) is 37.3 Å². The molecular formula is C21H22F3N5O3. The summed E-state index contributed by atoms with van der Waals surface area (Å²) in [4.78, 5) is 24.4. The van der Waals surface area contributed by atoms with Gasteiger partial charge in [0, 0.05) is 17.2 Å². The summed E-state index contributed by atoms with van der Waals surface area (Å²) < 4.78 is 51.9. The van der Waals surface area contributed by atoms with Crippen LogP contribution in [0.15, 0.2) is 35.6 Å². The summed E-state index contributed by atoms with van der Waals surface area (Å²) in [6, 6.07) is 3.67. The standard InChI is InChI=1S/C21H22F3N5O3/c22-10-21(13-3-1-2-4-17(13)32-20(25)29-21)14-7-12(5-6-15(14)24)28-19(30)16-8-27-18(9-26-16)31-11-23/h5-9,13,17H,1-4,10-11H2,(H2,25,29)(H,28,30)/t13-,17+,21-/m0/s1. The number of benzene rings is 1. The second-order valence-corrected chi connectivity index (χ2v) is 7.70. The molecule has 2 aromatic rings. The molecule has 32 heavy (non-hydrogen) atoms. The monoisotopic (exact) mass is 449 g/mol. The number of rotatable bonds is 6. The first-order valence-corrected chi connectivity index (χ1v) is 10.2. The summed E-state index contributed by atoms with van der Waals surface area (Å²) >= 11 is 0. The van der Waals surface area contributed by atoms with Crippen LogP contribution in [-0.4, -0.2) is 41.5 Å². The maximum absolute atomic E-state index is 15.0. The van der Waals surface area contributed by atoms with E-state index < -0.39 is 30.8 Å². The Morgan fingerprint density at radius 1 is 1.25 bits per heavy atom. The van der Waals surface area contributed by atoms with Crippen LogP contribution in [0.1, 0.15) is 41.7 Å². The van der Waals surface area contributed by atoms with E-state index in [2.05, 4.69) is 25.0 Å². The molecule has 0 radical (unpaired) electrons. The van der Waals surface area contributed by atoms with Gasteiger partial charge in [0.25, 0.3) is 11.9 Å². The summed E-state index contributed by atoms with van der Waals surface area (Å²) in [6.07, 6.45) is 4.92. The first-order chi connectivity index (χ1) is 15.5. The van der Waals surface area contributed by atoms with Crippen molar-refractivity contribution >= 4 is 17.6 Å². The second-order valence-electron chi connectivity index (χ2n) is 7.70. The second kappa shape index (κ2) is 9.01. The number of nitrogens with one attached hydrogen (secondary N) is 1. The van der Waals surface area contributed by atoms with Gasteiger partial charge >= 0.3 is 0 Å². The predicted octanol–water partition coefficient (Wildman–Crippen LogP) is 3.24. The van der Waals surface area contributed by atoms with E-state index in [1.807, 2.05) is 0 Å². The number of aromatic nitrogens is 2. The quantitative estimate of drug-likeness (QED) is 0.700. The van der Waals surface area contributed by atoms with Gasteiger partial charge in [-0.3, -0.25) is 4.79 Å². The van der Waals surface area contributed by atoms with Gasteiger partial charge in [0.1, 0.15) is 29.8 Å². The first kappa shape index (κ1) is 21.8. The maximum atomic E-state index is 15.0. The van der Waals surface area contributed by atoms with Crippen LogP contribution in [0.3, 0.4) is 0 Å². The van der Waals surface area contributed by atoms with Gasteiger partial charge in [-0.15, -0.1) is 0 Å². The number of carbonyl (C=O) groups is 1. The van der Waals surface area contributed by atoms with E-state index in [-0.39, 0.29) is 40.9 Å². The van der Waals surface area contributed by atoms with E-state index in [1.54, 1.807) is 0 Å². The number of hydrogen-bond acceptors (Lipinski definition) is 7. The molecule has 2 heterocycles. The molecule has 0 bridgehead atoms. The Bertz CT molecular complexity index is 1020. The number of anilines is 1. The molecular weight excluding hydrogens is 427 g/mol. The maximum Gasteiger partial charge on any atom is 0.283 e. The third-order valence-corrected chi connectivity index (χ3v) is 5.86. The molecule has 1 fully saturated rings. The molecule has 4 rings (SSSR count). The molecule has 2 aliphatic rings. The van der Waals surface area contributed by atoms with Crippen molar-refractivity contribution in [2.75, 3.05) is 18.9 Å². The third-order valence-electron chi connectivity index (χ3n) is 5.86. The minimum atomic E-state index is -1.54. The summed E-state index contributed by atoms with van der Waals surface area (Å²) in [5.74, 6) is -1.75. The summed E-state index contributed by atoms with van der Waals surface area (Å²) in [5.41, 5.74) is 4.44. The van der Waals surface area contributed by atoms with Crippen molar-refractivity contribution in [1.82, 2.24) is 9.97 Å². The Kier molecular flexibility index (Phi) is 6.15. The number of amides is 1. The molecule has 0 unspecified atom stereocenters. The number of nitrogens with zero attached hydrogens (tertiary/aromatic N) is 3. The Labute approximate surface area is 182 Å². The summed E-state index contributed by atoms with van der Waals surface area (Å²) in [7, 11) is 0. The van der Waals surface area contributed by atoms with Crippen molar-refractivity contribution in [3.05, 3.63) is 47.7 Å². The third kappa shape index (κ3) is 4.06. The van der Waals surface area contributed by atoms with Gasteiger partial charge < -0.3 is 20.5 Å². The number of halogens is 3. The Morgan fingerprint density at radius 3 is 2.78 bits per heavy atom. The Morgan fingerprint density at radius 2 is 2.06 bits per heavy atom. The smallest absolute Gasteiger partial charge is 0.283 e. The molecule has 1 aromatic carbocycles. The molecule has 1 amide bonds. The topological polar surface area (TPSA) is 112 Å². The molecule has 1 aliphatic heterocycles. The highest BCUT2D eigenvalue weighted by Gasteiger charge is 2.51. The fraction of sp³-hybridized carbons (Fsp3) is 0.429. The van der Waals surface area contributed by atoms with E-state index >= 15 is 0 Å². The van der Waals surface area contributed by atoms with Crippen molar-refractivity contribution in [2.24, 2.45) is 16.6 Å². The van der Waals surface area contributed by atoms with Crippen LogP contribution in [0.4, 0.5) is 18.9 Å². The molecule has 1 aliphatic carbocycles. The lowest BCUT2D eigenvalue weighted by Crippen LogP contribution is -2.51. The van der Waals surface area contributed by atoms with Gasteiger partial charge in [-0.1, -0.05) is 6.42 Å². The normalized spacial score (nSPS) is 24.7. The molecule has 0 saturated heterocycles. The van der Waals surface area contributed by atoms with Crippen LogP contribution in [-0.2, 0) is 10.3 Å². The molecule has 8 nitrogen and oxygen atoms in total. The molecule has 1 saturated carbocycles. The number of aliphatic imine (C=N–C) groups is 1. The lowest BCUT2D eigenvalue weighted by atomic mass is 9.69. The summed E-state index contributed by atoms with van der Waals surface area (Å²) in [6.45, 7) is -2.04. The van der Waals surface area contributed by atoms with Crippen LogP contribution in [0, 0.1) is 11.7 Å². The molecule has 0 spiro atoms. The van der Waals surface area contributed by atoms with Gasteiger partial charge in [0.15, 0.2) is 0 Å². The number of carbonyl (C=O) groups excluding carboxylic acids is 1. The first-order valence-electron chi connectivity index (χ1n) is 10.2. The van der Waals surface area contributed by atoms with Crippen molar-refractivity contribution in [3.63, 3.8) is 0 Å². The van der Waals surface area contributed by atoms with Crippen LogP contribution in [0.25, 0.3) is 0 Å². The van der Waals surface area contributed by atoms with Crippen LogP contribution >= 0.6 is 0 Å². The predicted molar refractivity (Wildman–Crippen MR) is 109 cm³/mol. The number of ether oxygens (including phenoxy) is 2. The minimum Gasteiger partial charge on any atom is -0.462 e. The van der Waals surface area contributed by atoms with Gasteiger partial charge in [0.2, 0.25) is 12.7 Å². The highest BCUT2D eigenvalue weighted by atomic mass is 19.1. The van der Waals surface area contributed by atoms with E-state index in [0.717, 1.165) is 31.3 Å². The van der Waals surface area contributed by atoms with Gasteiger partial charge in [-0.05, 0) is 37.5 Å². The van der Waals surface area contributed by atoms with E-state index in [4.69, 9.17) is 10.5 Å². The zero-order valence-electron chi connectivity index (χ0n) is 17.1. The highest BCUT2D eigenvalue weighted by molar-refractivity contribution is 6.02. The zero-order chi connectivity index (χ0) is 22.7. The van der Waals surface area contributed by atoms with Crippen molar-refractivity contribution in [1.29, 1.82) is 0 Å². The highest BCUT2D eigenvalue weighted by Crippen LogP contribution is 2.47. The number of hydrogen-bond donors (Lipinski definition) is 2. The SMILES string of the molecule is NC1=N[C@](CF)(c2cc(NC(=O)c3cnc(OCF)cn3)ccc2F)[C@H]2CCCC[C@H]2O1. The van der Waals surface area contributed by atoms with E-state index in [1.165, 1.54) is 12.1 Å². The van der Waals surface area contributed by atoms with Gasteiger partial charge in [-0.25, -0.2) is 28.1 Å². The lowest BCUT2D eigenvalue weighted by Gasteiger charge is -2.45. The van der Waals surface area contributed by atoms with Gasteiger partial charge in [0.05, 0.1) is 12.4 Å². The molecule has 3 N–H and O–H groups in total. The lowest BCUT2D eigenvalue weighted by molar-refractivity contribution is -0.00105. The average Bonchev–Trinajstić information content (AvgIpc) is 2.80. The van der Waals surface area contributed by atoms with Crippen molar-refractivity contribution in [3.8, 4) is 5.88 Å². The largest absolute Gasteiger partial charge is 0.462 e. The van der Waals surface area contributed by atoms with Crippen LogP contribution in [0.2, 0.25) is 0 Å². The Hall–Kier alpha value is -3.37. The molecule has 11 heteroatoms.